The Balaban J connectivity index is 2.09. The molecule has 2 N–H and O–H groups in total. The zero-order valence-corrected chi connectivity index (χ0v) is 16.2. The summed E-state index contributed by atoms with van der Waals surface area (Å²) in [5.41, 5.74) is 5.71. The summed E-state index contributed by atoms with van der Waals surface area (Å²) in [6.45, 7) is 1.87. The second-order valence-corrected chi connectivity index (χ2v) is 5.99. The Bertz CT molecular complexity index is 968. The number of non-ortho nitro benzene ring substituents is 1. The van der Waals surface area contributed by atoms with E-state index in [0.717, 1.165) is 12.1 Å². The van der Waals surface area contributed by atoms with Gasteiger partial charge in [-0.1, -0.05) is 0 Å². The molecule has 2 aromatic rings. The number of hydrogen-bond donors (Lipinski definition) is 1. The molecule has 2 rings (SSSR count). The van der Waals surface area contributed by atoms with E-state index in [1.54, 1.807) is 24.3 Å². The van der Waals surface area contributed by atoms with Crippen LogP contribution in [0.25, 0.3) is 0 Å². The van der Waals surface area contributed by atoms with Gasteiger partial charge in [0.05, 0.1) is 35.3 Å². The first-order valence-electron chi connectivity index (χ1n) is 8.98. The van der Waals surface area contributed by atoms with Crippen molar-refractivity contribution in [2.75, 3.05) is 30.4 Å². The summed E-state index contributed by atoms with van der Waals surface area (Å²) in [4.78, 5) is 36.3. The predicted molar refractivity (Wildman–Crippen MR) is 108 cm³/mol. The lowest BCUT2D eigenvalue weighted by molar-refractivity contribution is -0.384. The van der Waals surface area contributed by atoms with E-state index in [1.165, 1.54) is 11.0 Å². The van der Waals surface area contributed by atoms with Gasteiger partial charge in [-0.3, -0.25) is 14.9 Å². The molecule has 1 amide bonds. The summed E-state index contributed by atoms with van der Waals surface area (Å²) in [6, 6.07) is 12.0. The molecule has 10 heteroatoms. The number of nitriles is 1. The van der Waals surface area contributed by atoms with Crippen molar-refractivity contribution in [3.63, 3.8) is 0 Å². The Hall–Kier alpha value is -4.13. The number of esters is 1. The minimum atomic E-state index is -0.886. The van der Waals surface area contributed by atoms with E-state index in [9.17, 15) is 19.7 Å². The second-order valence-electron chi connectivity index (χ2n) is 5.99. The molecule has 10 nitrogen and oxygen atoms in total. The molecule has 0 fully saturated rings. The van der Waals surface area contributed by atoms with E-state index >= 15 is 0 Å². The molecule has 0 saturated heterocycles. The molecule has 0 aromatic heterocycles. The van der Waals surface area contributed by atoms with Gasteiger partial charge in [-0.15, -0.1) is 0 Å². The lowest BCUT2D eigenvalue weighted by Crippen LogP contribution is -2.35. The van der Waals surface area contributed by atoms with Crippen molar-refractivity contribution in [3.8, 4) is 11.8 Å². The molecule has 0 aliphatic carbocycles. The van der Waals surface area contributed by atoms with Crippen molar-refractivity contribution >= 4 is 28.9 Å². The van der Waals surface area contributed by atoms with Crippen LogP contribution in [0.2, 0.25) is 0 Å². The number of anilines is 2. The zero-order valence-electron chi connectivity index (χ0n) is 16.2. The molecular weight excluding hydrogens is 392 g/mol. The first-order chi connectivity index (χ1) is 14.4. The number of amides is 1. The number of nitro benzene ring substituents is 1. The van der Waals surface area contributed by atoms with E-state index in [0.29, 0.717) is 18.0 Å². The van der Waals surface area contributed by atoms with Crippen molar-refractivity contribution in [1.29, 1.82) is 5.26 Å². The van der Waals surface area contributed by atoms with Crippen LogP contribution >= 0.6 is 0 Å². The lowest BCUT2D eigenvalue weighted by Gasteiger charge is -2.22. The Kier molecular flexibility index (Phi) is 7.70. The molecule has 0 atom stereocenters. The normalized spacial score (nSPS) is 10.0. The van der Waals surface area contributed by atoms with Crippen LogP contribution in [0.4, 0.5) is 17.1 Å². The SMILES string of the molecule is CCOc1ccc(N(CCC#N)C(=O)COC(=O)c2ccc([N+](=O)[O-])cc2N)cc1. The first-order valence-corrected chi connectivity index (χ1v) is 8.98. The number of nitrogens with zero attached hydrogens (tertiary/aromatic N) is 3. The number of rotatable bonds is 9. The Morgan fingerprint density at radius 3 is 2.50 bits per heavy atom. The third-order valence-electron chi connectivity index (χ3n) is 4.00. The summed E-state index contributed by atoms with van der Waals surface area (Å²) in [5.74, 6) is -0.792. The van der Waals surface area contributed by atoms with Crippen LogP contribution in [-0.2, 0) is 9.53 Å². The number of hydrogen-bond acceptors (Lipinski definition) is 8. The standard InChI is InChI=1S/C20H20N4O6/c1-2-29-16-7-4-14(5-8-16)23(11-3-10-21)19(25)13-30-20(26)17-9-6-15(24(27)28)12-18(17)22/h4-9,12H,2-3,11,13,22H2,1H3. The molecule has 0 spiro atoms. The van der Waals surface area contributed by atoms with E-state index < -0.39 is 23.4 Å². The van der Waals surface area contributed by atoms with Crippen LogP contribution in [0.5, 0.6) is 5.75 Å². The van der Waals surface area contributed by atoms with Gasteiger partial charge in [0.1, 0.15) is 5.75 Å². The third-order valence-corrected chi connectivity index (χ3v) is 4.00. The average Bonchev–Trinajstić information content (AvgIpc) is 2.73. The number of benzene rings is 2. The average molecular weight is 412 g/mol. The van der Waals surface area contributed by atoms with Crippen molar-refractivity contribution in [3.05, 3.63) is 58.1 Å². The lowest BCUT2D eigenvalue weighted by atomic mass is 10.1. The highest BCUT2D eigenvalue weighted by atomic mass is 16.6. The fourth-order valence-electron chi connectivity index (χ4n) is 2.58. The summed E-state index contributed by atoms with van der Waals surface area (Å²) in [7, 11) is 0. The van der Waals surface area contributed by atoms with Gasteiger partial charge in [-0.05, 0) is 37.3 Å². The second kappa shape index (κ2) is 10.4. The molecule has 0 unspecified atom stereocenters. The number of nitrogens with two attached hydrogens (primary N) is 1. The minimum Gasteiger partial charge on any atom is -0.494 e. The highest BCUT2D eigenvalue weighted by Gasteiger charge is 2.20. The van der Waals surface area contributed by atoms with Crippen LogP contribution in [0.3, 0.4) is 0 Å². The Labute approximate surface area is 172 Å². The van der Waals surface area contributed by atoms with Crippen molar-refractivity contribution in [1.82, 2.24) is 0 Å². The predicted octanol–water partition coefficient (Wildman–Crippen LogP) is 2.68. The van der Waals surface area contributed by atoms with Gasteiger partial charge in [-0.2, -0.15) is 5.26 Å². The molecule has 2 aromatic carbocycles. The molecule has 0 aliphatic rings. The van der Waals surface area contributed by atoms with Crippen LogP contribution in [0, 0.1) is 21.4 Å². The summed E-state index contributed by atoms with van der Waals surface area (Å²) >= 11 is 0. The third kappa shape index (κ3) is 5.68. The number of carbonyl (C=O) groups excluding carboxylic acids is 2. The topological polar surface area (TPSA) is 149 Å². The molecule has 0 saturated carbocycles. The smallest absolute Gasteiger partial charge is 0.340 e. The summed E-state index contributed by atoms with van der Waals surface area (Å²) < 4.78 is 10.4. The molecular formula is C20H20N4O6. The summed E-state index contributed by atoms with van der Waals surface area (Å²) in [6.07, 6.45) is 0.0855. The zero-order chi connectivity index (χ0) is 22.1. The number of ether oxygens (including phenoxy) is 2. The highest BCUT2D eigenvalue weighted by molar-refractivity contribution is 5.99. The molecule has 0 radical (unpaired) electrons. The number of carbonyl (C=O) groups is 2. The molecule has 0 bridgehead atoms. The van der Waals surface area contributed by atoms with E-state index in [1.807, 2.05) is 13.0 Å². The van der Waals surface area contributed by atoms with Gasteiger partial charge in [-0.25, -0.2) is 4.79 Å². The van der Waals surface area contributed by atoms with E-state index in [-0.39, 0.29) is 29.9 Å². The monoisotopic (exact) mass is 412 g/mol. The minimum absolute atomic E-state index is 0.0851. The largest absolute Gasteiger partial charge is 0.494 e. The maximum atomic E-state index is 12.6. The fourth-order valence-corrected chi connectivity index (χ4v) is 2.58. The van der Waals surface area contributed by atoms with Crippen LogP contribution in [0.1, 0.15) is 23.7 Å². The number of nitrogen functional groups attached to an aromatic ring is 1. The van der Waals surface area contributed by atoms with Gasteiger partial charge in [0, 0.05) is 24.4 Å². The summed E-state index contributed by atoms with van der Waals surface area (Å²) in [5, 5.41) is 19.6. The van der Waals surface area contributed by atoms with E-state index in [4.69, 9.17) is 20.5 Å². The van der Waals surface area contributed by atoms with Gasteiger partial charge < -0.3 is 20.1 Å². The maximum absolute atomic E-state index is 12.6. The van der Waals surface area contributed by atoms with Gasteiger partial charge >= 0.3 is 5.97 Å². The maximum Gasteiger partial charge on any atom is 0.340 e. The van der Waals surface area contributed by atoms with Crippen molar-refractivity contribution in [2.45, 2.75) is 13.3 Å². The Morgan fingerprint density at radius 1 is 1.23 bits per heavy atom. The molecule has 0 aliphatic heterocycles. The number of nitro groups is 1. The molecule has 30 heavy (non-hydrogen) atoms. The van der Waals surface area contributed by atoms with Crippen LogP contribution < -0.4 is 15.4 Å². The van der Waals surface area contributed by atoms with Gasteiger partial charge in [0.15, 0.2) is 6.61 Å². The Morgan fingerprint density at radius 2 is 1.93 bits per heavy atom. The molecule has 156 valence electrons. The van der Waals surface area contributed by atoms with Crippen molar-refractivity contribution < 1.29 is 24.0 Å². The quantitative estimate of drug-likeness (QED) is 0.286. The fraction of sp³-hybridized carbons (Fsp3) is 0.250. The molecule has 0 heterocycles. The first kappa shape index (κ1) is 22.2. The van der Waals surface area contributed by atoms with Crippen LogP contribution in [-0.4, -0.2) is 36.6 Å². The van der Waals surface area contributed by atoms with Gasteiger partial charge in [0.2, 0.25) is 0 Å². The van der Waals surface area contributed by atoms with Crippen LogP contribution in [0.15, 0.2) is 42.5 Å². The van der Waals surface area contributed by atoms with Gasteiger partial charge in [0.25, 0.3) is 11.6 Å². The van der Waals surface area contributed by atoms with E-state index in [2.05, 4.69) is 0 Å². The highest BCUT2D eigenvalue weighted by Crippen LogP contribution is 2.22. The van der Waals surface area contributed by atoms with Crippen molar-refractivity contribution in [2.24, 2.45) is 0 Å².